The van der Waals surface area contributed by atoms with Crippen LogP contribution >= 0.6 is 0 Å². The number of nitrogens with one attached hydrogen (secondary N) is 1. The largest absolute Gasteiger partial charge is 0.372 e. The predicted octanol–water partition coefficient (Wildman–Crippen LogP) is -0.0483. The third-order valence-corrected chi connectivity index (χ3v) is 1.66. The average Bonchev–Trinajstić information content (AvgIpc) is 2.63. The van der Waals surface area contributed by atoms with Gasteiger partial charge in [0.05, 0.1) is 12.7 Å². The summed E-state index contributed by atoms with van der Waals surface area (Å²) in [7, 11) is 3.40. The summed E-state index contributed by atoms with van der Waals surface area (Å²) in [5, 5.41) is 3.29. The molecule has 0 aromatic heterocycles. The van der Waals surface area contributed by atoms with Crippen molar-refractivity contribution < 1.29 is 4.74 Å². The molecule has 51 valence electrons. The first-order valence-corrected chi connectivity index (χ1v) is 4.11. The van der Waals surface area contributed by atoms with Crippen molar-refractivity contribution in [1.82, 2.24) is 5.32 Å². The van der Waals surface area contributed by atoms with Crippen LogP contribution in [0.2, 0.25) is 6.04 Å². The van der Waals surface area contributed by atoms with Crippen molar-refractivity contribution in [2.24, 2.45) is 0 Å². The zero-order valence-electron chi connectivity index (χ0n) is 5.52. The molecule has 1 unspecified atom stereocenters. The maximum absolute atomic E-state index is 5.01. The highest BCUT2D eigenvalue weighted by Crippen LogP contribution is 2.05. The smallest absolute Gasteiger partial charge is 0.0933 e. The zero-order chi connectivity index (χ0) is 6.53. The fraction of sp³-hybridized carbons (Fsp3) is 1.00. The second kappa shape index (κ2) is 4.03. The molecule has 3 radical (unpaired) electrons. The van der Waals surface area contributed by atoms with Crippen LogP contribution in [0.4, 0.5) is 0 Å². The SMILES string of the molecule is [Si]CCCNCC1CO1. The van der Waals surface area contributed by atoms with Gasteiger partial charge in [-0.3, -0.25) is 0 Å². The van der Waals surface area contributed by atoms with E-state index in [0.29, 0.717) is 6.10 Å². The predicted molar refractivity (Wildman–Crippen MR) is 37.8 cm³/mol. The fourth-order valence-electron chi connectivity index (χ4n) is 0.662. The van der Waals surface area contributed by atoms with Crippen molar-refractivity contribution in [1.29, 1.82) is 0 Å². The molecule has 0 aromatic carbocycles. The molecule has 1 rings (SSSR count). The summed E-state index contributed by atoms with van der Waals surface area (Å²) in [6.07, 6.45) is 1.73. The van der Waals surface area contributed by atoms with E-state index < -0.39 is 0 Å². The van der Waals surface area contributed by atoms with Crippen LogP contribution < -0.4 is 5.32 Å². The van der Waals surface area contributed by atoms with E-state index in [-0.39, 0.29) is 0 Å². The van der Waals surface area contributed by atoms with Gasteiger partial charge < -0.3 is 10.1 Å². The monoisotopic (exact) mass is 142 g/mol. The van der Waals surface area contributed by atoms with Crippen LogP contribution in [0, 0.1) is 0 Å². The van der Waals surface area contributed by atoms with E-state index in [0.717, 1.165) is 25.7 Å². The Kier molecular flexibility index (Phi) is 3.25. The van der Waals surface area contributed by atoms with Crippen molar-refractivity contribution in [2.75, 3.05) is 19.7 Å². The molecular weight excluding hydrogens is 130 g/mol. The first kappa shape index (κ1) is 7.25. The van der Waals surface area contributed by atoms with Gasteiger partial charge in [-0.05, 0) is 13.0 Å². The quantitative estimate of drug-likeness (QED) is 0.331. The minimum atomic E-state index is 0.528. The number of hydrogen-bond donors (Lipinski definition) is 1. The molecule has 9 heavy (non-hydrogen) atoms. The van der Waals surface area contributed by atoms with E-state index in [1.807, 2.05) is 0 Å². The van der Waals surface area contributed by atoms with Crippen LogP contribution in [0.15, 0.2) is 0 Å². The highest BCUT2D eigenvalue weighted by atomic mass is 28.1. The van der Waals surface area contributed by atoms with Gasteiger partial charge in [-0.2, -0.15) is 0 Å². The molecule has 1 heterocycles. The lowest BCUT2D eigenvalue weighted by atomic mass is 10.4. The molecular formula is C6H12NOSi. The van der Waals surface area contributed by atoms with E-state index >= 15 is 0 Å². The molecule has 0 aliphatic carbocycles. The Labute approximate surface area is 59.4 Å². The van der Waals surface area contributed by atoms with Gasteiger partial charge in [0.1, 0.15) is 0 Å². The molecule has 2 nitrogen and oxygen atoms in total. The standard InChI is InChI=1S/C6H12NOSi/c9-3-1-2-7-4-6-5-8-6/h6-7H,1-5H2. The Morgan fingerprint density at radius 1 is 1.67 bits per heavy atom. The summed E-state index contributed by atoms with van der Waals surface area (Å²) in [5.74, 6) is 0. The van der Waals surface area contributed by atoms with Crippen molar-refractivity contribution in [2.45, 2.75) is 18.6 Å². The minimum absolute atomic E-state index is 0.528. The van der Waals surface area contributed by atoms with Gasteiger partial charge in [-0.15, -0.1) is 0 Å². The third-order valence-electron chi connectivity index (χ3n) is 1.30. The van der Waals surface area contributed by atoms with Crippen LogP contribution in [0.1, 0.15) is 6.42 Å². The van der Waals surface area contributed by atoms with Crippen molar-refractivity contribution in [3.8, 4) is 0 Å². The molecule has 0 spiro atoms. The molecule has 0 saturated carbocycles. The number of rotatable bonds is 5. The van der Waals surface area contributed by atoms with Crippen molar-refractivity contribution in [3.63, 3.8) is 0 Å². The summed E-state index contributed by atoms with van der Waals surface area (Å²) in [6.45, 7) is 3.09. The Morgan fingerprint density at radius 2 is 2.44 bits per heavy atom. The Hall–Kier alpha value is 0.137. The van der Waals surface area contributed by atoms with Crippen LogP contribution in [0.5, 0.6) is 0 Å². The third kappa shape index (κ3) is 3.67. The van der Waals surface area contributed by atoms with Gasteiger partial charge in [0.25, 0.3) is 0 Å². The Morgan fingerprint density at radius 3 is 3.00 bits per heavy atom. The number of ether oxygens (including phenoxy) is 1. The van der Waals surface area contributed by atoms with Crippen LogP contribution in [-0.4, -0.2) is 36.0 Å². The molecule has 0 amide bonds. The number of hydrogen-bond acceptors (Lipinski definition) is 2. The second-order valence-corrected chi connectivity index (χ2v) is 2.76. The van der Waals surface area contributed by atoms with Crippen LogP contribution in [0.3, 0.4) is 0 Å². The van der Waals surface area contributed by atoms with Gasteiger partial charge in [0.2, 0.25) is 0 Å². The molecule has 1 atom stereocenters. The molecule has 1 N–H and O–H groups in total. The minimum Gasteiger partial charge on any atom is -0.372 e. The first-order chi connectivity index (χ1) is 4.43. The maximum Gasteiger partial charge on any atom is 0.0933 e. The van der Waals surface area contributed by atoms with Crippen molar-refractivity contribution in [3.05, 3.63) is 0 Å². The summed E-state index contributed by atoms with van der Waals surface area (Å²) in [6, 6.07) is 1.08. The van der Waals surface area contributed by atoms with E-state index in [1.165, 1.54) is 6.42 Å². The van der Waals surface area contributed by atoms with E-state index in [1.54, 1.807) is 0 Å². The highest BCUT2D eigenvalue weighted by Gasteiger charge is 2.20. The lowest BCUT2D eigenvalue weighted by Gasteiger charge is -1.98. The van der Waals surface area contributed by atoms with Crippen LogP contribution in [-0.2, 0) is 4.74 Å². The first-order valence-electron chi connectivity index (χ1n) is 3.40. The molecule has 3 heteroatoms. The van der Waals surface area contributed by atoms with E-state index in [4.69, 9.17) is 4.74 Å². The summed E-state index contributed by atoms with van der Waals surface area (Å²) >= 11 is 0. The molecule has 1 aliphatic heterocycles. The lowest BCUT2D eigenvalue weighted by Crippen LogP contribution is -2.20. The molecule has 0 aromatic rings. The maximum atomic E-state index is 5.01. The lowest BCUT2D eigenvalue weighted by molar-refractivity contribution is 0.397. The second-order valence-electron chi connectivity index (χ2n) is 2.26. The zero-order valence-corrected chi connectivity index (χ0v) is 6.52. The fourth-order valence-corrected chi connectivity index (χ4v) is 0.839. The summed E-state index contributed by atoms with van der Waals surface area (Å²) in [5.41, 5.74) is 0. The topological polar surface area (TPSA) is 24.6 Å². The Bertz CT molecular complexity index is 75.5. The van der Waals surface area contributed by atoms with Gasteiger partial charge in [0, 0.05) is 16.8 Å². The average molecular weight is 142 g/mol. The van der Waals surface area contributed by atoms with Gasteiger partial charge in [-0.25, -0.2) is 0 Å². The normalized spacial score (nSPS) is 24.3. The molecule has 1 fully saturated rings. The summed E-state index contributed by atoms with van der Waals surface area (Å²) in [4.78, 5) is 0. The molecule has 1 aliphatic rings. The highest BCUT2D eigenvalue weighted by molar-refractivity contribution is 6.08. The van der Waals surface area contributed by atoms with E-state index in [2.05, 4.69) is 15.6 Å². The summed E-state index contributed by atoms with van der Waals surface area (Å²) < 4.78 is 5.01. The molecule has 0 bridgehead atoms. The van der Waals surface area contributed by atoms with Gasteiger partial charge in [-0.1, -0.05) is 6.04 Å². The number of epoxide rings is 1. The Balaban J connectivity index is 1.71. The van der Waals surface area contributed by atoms with Crippen molar-refractivity contribution >= 4 is 10.2 Å². The van der Waals surface area contributed by atoms with Gasteiger partial charge >= 0.3 is 0 Å². The van der Waals surface area contributed by atoms with Gasteiger partial charge in [0.15, 0.2) is 0 Å². The molecule has 1 saturated heterocycles. The van der Waals surface area contributed by atoms with E-state index in [9.17, 15) is 0 Å². The van der Waals surface area contributed by atoms with Crippen LogP contribution in [0.25, 0.3) is 0 Å².